The maximum absolute atomic E-state index is 15.0. The summed E-state index contributed by atoms with van der Waals surface area (Å²) in [5.74, 6) is -2.22. The number of Topliss-reactive ketones (excluding diaryl/α,β-unsaturated/α-hetero) is 1. The molecular weight excluding hydrogens is 537 g/mol. The van der Waals surface area contributed by atoms with E-state index in [0.29, 0.717) is 23.7 Å². The van der Waals surface area contributed by atoms with E-state index in [1.807, 2.05) is 32.9 Å². The molecule has 2 heterocycles. The van der Waals surface area contributed by atoms with Gasteiger partial charge < -0.3 is 9.55 Å². The number of aromatic amines is 1. The maximum atomic E-state index is 15.0. The van der Waals surface area contributed by atoms with Crippen molar-refractivity contribution in [1.29, 1.82) is 0 Å². The Labute approximate surface area is 229 Å². The molecule has 0 saturated heterocycles. The number of halogens is 1. The Morgan fingerprint density at radius 3 is 2.50 bits per heavy atom. The molecule has 1 aliphatic rings. The van der Waals surface area contributed by atoms with Gasteiger partial charge in [-0.25, -0.2) is 12.8 Å². The van der Waals surface area contributed by atoms with E-state index in [9.17, 15) is 32.5 Å². The van der Waals surface area contributed by atoms with Crippen molar-refractivity contribution in [2.75, 3.05) is 5.75 Å². The second kappa shape index (κ2) is 9.81. The third-order valence-electron chi connectivity index (χ3n) is 7.21. The summed E-state index contributed by atoms with van der Waals surface area (Å²) in [5, 5.41) is 11.3. The maximum Gasteiger partial charge on any atom is 0.269 e. The van der Waals surface area contributed by atoms with Gasteiger partial charge in [0.1, 0.15) is 11.6 Å². The number of nitrogens with one attached hydrogen (secondary N) is 1. The van der Waals surface area contributed by atoms with Gasteiger partial charge in [0, 0.05) is 45.9 Å². The van der Waals surface area contributed by atoms with Gasteiger partial charge in [-0.15, -0.1) is 0 Å². The Morgan fingerprint density at radius 1 is 1.15 bits per heavy atom. The lowest BCUT2D eigenvalue weighted by Crippen LogP contribution is -2.23. The molecule has 208 valence electrons. The number of non-ortho nitro benzene ring substituents is 1. The molecule has 1 aliphatic carbocycles. The summed E-state index contributed by atoms with van der Waals surface area (Å²) in [5.41, 5.74) is 0.527. The summed E-state index contributed by atoms with van der Waals surface area (Å²) in [4.78, 5) is 40.3. The SMILES string of the molecule is CC(C)(C)c1ccc2c(c1)c(-c1ccc[nH]c1=O)c(C(=O)CS(=O)(=O)C1CC1)n2Cc1cc([N+](=O)[O-])ccc1F. The van der Waals surface area contributed by atoms with Crippen LogP contribution in [0.1, 0.15) is 55.2 Å². The van der Waals surface area contributed by atoms with Crippen molar-refractivity contribution in [1.82, 2.24) is 9.55 Å². The fourth-order valence-corrected chi connectivity index (χ4v) is 6.52. The van der Waals surface area contributed by atoms with Crippen molar-refractivity contribution in [2.24, 2.45) is 0 Å². The molecule has 0 bridgehead atoms. The number of hydrogen-bond acceptors (Lipinski definition) is 6. The third-order valence-corrected chi connectivity index (χ3v) is 9.37. The van der Waals surface area contributed by atoms with Crippen LogP contribution in [0, 0.1) is 15.9 Å². The van der Waals surface area contributed by atoms with Crippen LogP contribution in [0.4, 0.5) is 10.1 Å². The molecule has 0 unspecified atom stereocenters. The highest BCUT2D eigenvalue weighted by Gasteiger charge is 2.38. The van der Waals surface area contributed by atoms with Gasteiger partial charge in [-0.05, 0) is 54.2 Å². The van der Waals surface area contributed by atoms with Gasteiger partial charge in [0.25, 0.3) is 11.2 Å². The van der Waals surface area contributed by atoms with Crippen LogP contribution in [0.15, 0.2) is 59.5 Å². The predicted octanol–water partition coefficient (Wildman–Crippen LogP) is 5.15. The van der Waals surface area contributed by atoms with Crippen LogP contribution in [0.25, 0.3) is 22.0 Å². The van der Waals surface area contributed by atoms with Gasteiger partial charge in [0.05, 0.1) is 22.4 Å². The number of nitro benzene ring substituents is 1. The molecule has 1 N–H and O–H groups in total. The Kier molecular flexibility index (Phi) is 6.73. The predicted molar refractivity (Wildman–Crippen MR) is 150 cm³/mol. The molecule has 2 aromatic carbocycles. The minimum Gasteiger partial charge on any atom is -0.333 e. The van der Waals surface area contributed by atoms with Crippen molar-refractivity contribution < 1.29 is 22.5 Å². The summed E-state index contributed by atoms with van der Waals surface area (Å²) >= 11 is 0. The van der Waals surface area contributed by atoms with Crippen LogP contribution in [0.5, 0.6) is 0 Å². The van der Waals surface area contributed by atoms with Crippen molar-refractivity contribution >= 4 is 32.2 Å². The fraction of sp³-hybridized carbons (Fsp3) is 0.310. The smallest absolute Gasteiger partial charge is 0.269 e. The molecule has 0 atom stereocenters. The van der Waals surface area contributed by atoms with Crippen LogP contribution >= 0.6 is 0 Å². The minimum atomic E-state index is -3.74. The quantitative estimate of drug-likeness (QED) is 0.179. The number of nitro groups is 1. The Balaban J connectivity index is 1.84. The average molecular weight is 566 g/mol. The topological polar surface area (TPSA) is 132 Å². The van der Waals surface area contributed by atoms with Gasteiger partial charge in [-0.3, -0.25) is 19.7 Å². The zero-order valence-corrected chi connectivity index (χ0v) is 23.0. The highest BCUT2D eigenvalue weighted by molar-refractivity contribution is 7.93. The van der Waals surface area contributed by atoms with E-state index in [0.717, 1.165) is 23.8 Å². The standard InChI is InChI=1S/C29H28FN3O6S/c1-29(2,3)18-6-11-24-22(14-18)26(21-5-4-12-31-28(21)35)27(25(34)16-40(38,39)20-8-9-20)32(24)15-17-13-19(33(36)37)7-10-23(17)30/h4-7,10-14,20H,8-9,15-16H2,1-3H3,(H,31,35). The lowest BCUT2D eigenvalue weighted by Gasteiger charge is -2.19. The Morgan fingerprint density at radius 2 is 1.88 bits per heavy atom. The molecule has 0 spiro atoms. The monoisotopic (exact) mass is 565 g/mol. The normalized spacial score (nSPS) is 14.0. The van der Waals surface area contributed by atoms with Crippen LogP contribution in [0.2, 0.25) is 0 Å². The number of nitrogens with zero attached hydrogens (tertiary/aromatic N) is 2. The number of fused-ring (bicyclic) bond motifs is 1. The first-order valence-electron chi connectivity index (χ1n) is 12.8. The molecule has 1 fully saturated rings. The number of aromatic nitrogens is 2. The minimum absolute atomic E-state index is 0.0568. The number of rotatable bonds is 8. The lowest BCUT2D eigenvalue weighted by molar-refractivity contribution is -0.385. The molecular formula is C29H28FN3O6S. The Hall–Kier alpha value is -4.12. The van der Waals surface area contributed by atoms with Gasteiger partial charge in [-0.1, -0.05) is 26.8 Å². The van der Waals surface area contributed by atoms with Crippen LogP contribution in [-0.2, 0) is 21.8 Å². The first kappa shape index (κ1) is 27.4. The molecule has 9 nitrogen and oxygen atoms in total. The van der Waals surface area contributed by atoms with Crippen molar-refractivity contribution in [3.8, 4) is 11.1 Å². The highest BCUT2D eigenvalue weighted by Crippen LogP contribution is 2.38. The van der Waals surface area contributed by atoms with Crippen molar-refractivity contribution in [2.45, 2.75) is 50.8 Å². The number of ketones is 1. The van der Waals surface area contributed by atoms with Gasteiger partial charge in [-0.2, -0.15) is 0 Å². The second-order valence-electron chi connectivity index (χ2n) is 11.2. The summed E-state index contributed by atoms with van der Waals surface area (Å²) in [6.07, 6.45) is 2.42. The van der Waals surface area contributed by atoms with E-state index >= 15 is 0 Å². The van der Waals surface area contributed by atoms with Crippen LogP contribution in [-0.4, -0.2) is 39.7 Å². The molecule has 4 aromatic rings. The first-order chi connectivity index (χ1) is 18.8. The Bertz CT molecular complexity index is 1850. The van der Waals surface area contributed by atoms with E-state index < -0.39 is 42.9 Å². The molecule has 2 aromatic heterocycles. The van der Waals surface area contributed by atoms with Crippen LogP contribution in [0.3, 0.4) is 0 Å². The molecule has 0 radical (unpaired) electrons. The number of pyridine rings is 1. The highest BCUT2D eigenvalue weighted by atomic mass is 32.2. The van der Waals surface area contributed by atoms with Crippen molar-refractivity contribution in [3.63, 3.8) is 0 Å². The van der Waals surface area contributed by atoms with E-state index in [1.165, 1.54) is 10.8 Å². The number of sulfone groups is 1. The van der Waals surface area contributed by atoms with E-state index in [4.69, 9.17) is 0 Å². The number of benzene rings is 2. The lowest BCUT2D eigenvalue weighted by atomic mass is 9.86. The van der Waals surface area contributed by atoms with Crippen LogP contribution < -0.4 is 5.56 Å². The first-order valence-corrected chi connectivity index (χ1v) is 14.5. The molecule has 40 heavy (non-hydrogen) atoms. The van der Waals surface area contributed by atoms with Crippen molar-refractivity contribution in [3.05, 3.63) is 97.8 Å². The molecule has 0 aliphatic heterocycles. The molecule has 0 amide bonds. The molecule has 11 heteroatoms. The van der Waals surface area contributed by atoms with E-state index in [-0.39, 0.29) is 40.0 Å². The third kappa shape index (κ3) is 5.08. The summed E-state index contributed by atoms with van der Waals surface area (Å²) in [7, 11) is -3.74. The average Bonchev–Trinajstić information content (AvgIpc) is 3.69. The number of carbonyl (C=O) groups excluding carboxylic acids is 1. The molecule has 5 rings (SSSR count). The number of H-pyrrole nitrogens is 1. The van der Waals surface area contributed by atoms with E-state index in [2.05, 4.69) is 4.98 Å². The van der Waals surface area contributed by atoms with Gasteiger partial charge >= 0.3 is 0 Å². The number of carbonyl (C=O) groups is 1. The van der Waals surface area contributed by atoms with E-state index in [1.54, 1.807) is 18.2 Å². The largest absolute Gasteiger partial charge is 0.333 e. The number of hydrogen-bond donors (Lipinski definition) is 1. The summed E-state index contributed by atoms with van der Waals surface area (Å²) in [6.45, 7) is 5.72. The summed E-state index contributed by atoms with van der Waals surface area (Å²) in [6, 6.07) is 11.7. The fourth-order valence-electron chi connectivity index (χ4n) is 4.93. The van der Waals surface area contributed by atoms with Gasteiger partial charge in [0.15, 0.2) is 15.6 Å². The zero-order valence-electron chi connectivity index (χ0n) is 22.2. The summed E-state index contributed by atoms with van der Waals surface area (Å²) < 4.78 is 42.3. The molecule has 1 saturated carbocycles. The second-order valence-corrected chi connectivity index (χ2v) is 13.4. The zero-order chi connectivity index (χ0) is 29.0. The van der Waals surface area contributed by atoms with Gasteiger partial charge in [0.2, 0.25) is 0 Å².